The largest absolute Gasteiger partial charge is 0.365 e. The molecule has 4 aromatic rings. The van der Waals surface area contributed by atoms with Crippen LogP contribution in [0.5, 0.6) is 0 Å². The van der Waals surface area contributed by atoms with Crippen LogP contribution in [0.2, 0.25) is 0 Å². The van der Waals surface area contributed by atoms with Crippen LogP contribution < -0.4 is 10.6 Å². The van der Waals surface area contributed by atoms with Gasteiger partial charge in [-0.2, -0.15) is 0 Å². The number of aromatic nitrogens is 3. The van der Waals surface area contributed by atoms with E-state index in [1.807, 2.05) is 12.3 Å². The van der Waals surface area contributed by atoms with Crippen LogP contribution in [0.25, 0.3) is 22.0 Å². The summed E-state index contributed by atoms with van der Waals surface area (Å²) in [4.78, 5) is 13.7. The Morgan fingerprint density at radius 1 is 0.867 bits per heavy atom. The summed E-state index contributed by atoms with van der Waals surface area (Å²) in [6, 6.07) is 21.1. The normalized spacial score (nSPS) is 14.7. The summed E-state index contributed by atoms with van der Waals surface area (Å²) >= 11 is 0. The van der Waals surface area contributed by atoms with Crippen molar-refractivity contribution < 1.29 is 0 Å². The maximum absolute atomic E-state index is 4.72. The number of piperidine rings is 1. The fourth-order valence-corrected chi connectivity index (χ4v) is 4.09. The molecule has 1 aliphatic heterocycles. The minimum Gasteiger partial charge on any atom is -0.365 e. The van der Waals surface area contributed by atoms with Crippen molar-refractivity contribution in [2.45, 2.75) is 25.3 Å². The van der Waals surface area contributed by atoms with E-state index in [9.17, 15) is 0 Å². The molecule has 0 bridgehead atoms. The van der Waals surface area contributed by atoms with E-state index in [-0.39, 0.29) is 0 Å². The number of benzene rings is 2. The Hall–Kier alpha value is -3.31. The van der Waals surface area contributed by atoms with Crippen LogP contribution >= 0.6 is 0 Å². The highest BCUT2D eigenvalue weighted by molar-refractivity contribution is 5.91. The minimum atomic E-state index is 0.581. The summed E-state index contributed by atoms with van der Waals surface area (Å²) in [6.45, 7) is 2.86. The van der Waals surface area contributed by atoms with Crippen molar-refractivity contribution in [3.8, 4) is 11.1 Å². The molecule has 5 rings (SSSR count). The quantitative estimate of drug-likeness (QED) is 0.510. The van der Waals surface area contributed by atoms with Gasteiger partial charge in [0.2, 0.25) is 0 Å². The van der Waals surface area contributed by atoms with Crippen molar-refractivity contribution in [1.29, 1.82) is 0 Å². The molecule has 0 radical (unpaired) electrons. The second kappa shape index (κ2) is 8.59. The van der Waals surface area contributed by atoms with Crippen LogP contribution in [0.4, 0.5) is 5.82 Å². The molecule has 1 fully saturated rings. The Balaban J connectivity index is 1.31. The second-order valence-corrected chi connectivity index (χ2v) is 7.79. The number of fused-ring (bicyclic) bond motifs is 1. The van der Waals surface area contributed by atoms with Gasteiger partial charge in [-0.3, -0.25) is 4.98 Å². The van der Waals surface area contributed by atoms with Gasteiger partial charge < -0.3 is 10.6 Å². The van der Waals surface area contributed by atoms with E-state index in [1.165, 1.54) is 24.1 Å². The lowest BCUT2D eigenvalue weighted by Crippen LogP contribution is -2.27. The van der Waals surface area contributed by atoms with Crippen LogP contribution in [-0.4, -0.2) is 28.0 Å². The Morgan fingerprint density at radius 3 is 2.53 bits per heavy atom. The van der Waals surface area contributed by atoms with Crippen molar-refractivity contribution in [2.24, 2.45) is 0 Å². The number of nitrogens with zero attached hydrogens (tertiary/aromatic N) is 3. The molecule has 0 spiro atoms. The molecule has 2 N–H and O–H groups in total. The first kappa shape index (κ1) is 18.7. The van der Waals surface area contributed by atoms with Gasteiger partial charge in [-0.1, -0.05) is 42.5 Å². The highest BCUT2D eigenvalue weighted by Crippen LogP contribution is 2.27. The highest BCUT2D eigenvalue weighted by atomic mass is 15.0. The number of anilines is 1. The van der Waals surface area contributed by atoms with E-state index in [4.69, 9.17) is 4.98 Å². The lowest BCUT2D eigenvalue weighted by molar-refractivity contribution is 0.453. The van der Waals surface area contributed by atoms with Crippen molar-refractivity contribution in [2.75, 3.05) is 18.4 Å². The van der Waals surface area contributed by atoms with Gasteiger partial charge in [-0.15, -0.1) is 0 Å². The molecule has 0 unspecified atom stereocenters. The summed E-state index contributed by atoms with van der Waals surface area (Å²) in [5.41, 5.74) is 5.65. The lowest BCUT2D eigenvalue weighted by Gasteiger charge is -2.22. The molecule has 30 heavy (non-hydrogen) atoms. The summed E-state index contributed by atoms with van der Waals surface area (Å²) in [6.07, 6.45) is 5.95. The molecule has 0 aliphatic carbocycles. The molecule has 0 atom stereocenters. The molecule has 2 aromatic heterocycles. The molecule has 5 nitrogen and oxygen atoms in total. The molecule has 5 heteroatoms. The van der Waals surface area contributed by atoms with E-state index in [1.54, 1.807) is 6.33 Å². The number of rotatable bonds is 5. The van der Waals surface area contributed by atoms with Crippen molar-refractivity contribution in [1.82, 2.24) is 20.3 Å². The predicted molar refractivity (Wildman–Crippen MR) is 121 cm³/mol. The zero-order chi connectivity index (χ0) is 20.2. The van der Waals surface area contributed by atoms with E-state index < -0.39 is 0 Å². The van der Waals surface area contributed by atoms with Gasteiger partial charge in [0.25, 0.3) is 0 Å². The first-order chi connectivity index (χ1) is 14.9. The molecule has 1 saturated heterocycles. The van der Waals surface area contributed by atoms with E-state index in [0.717, 1.165) is 40.9 Å². The maximum Gasteiger partial charge on any atom is 0.137 e. The molecule has 150 valence electrons. The van der Waals surface area contributed by atoms with E-state index in [2.05, 4.69) is 75.2 Å². The van der Waals surface area contributed by atoms with Gasteiger partial charge >= 0.3 is 0 Å². The van der Waals surface area contributed by atoms with E-state index in [0.29, 0.717) is 12.5 Å². The van der Waals surface area contributed by atoms with Gasteiger partial charge in [-0.05, 0) is 60.8 Å². The maximum atomic E-state index is 4.72. The van der Waals surface area contributed by atoms with Gasteiger partial charge in [0.05, 0.1) is 5.52 Å². The fourth-order valence-electron chi connectivity index (χ4n) is 4.09. The summed E-state index contributed by atoms with van der Waals surface area (Å²) in [5, 5.41) is 7.90. The van der Waals surface area contributed by atoms with Crippen molar-refractivity contribution in [3.63, 3.8) is 0 Å². The third kappa shape index (κ3) is 4.02. The summed E-state index contributed by atoms with van der Waals surface area (Å²) < 4.78 is 0. The highest BCUT2D eigenvalue weighted by Gasteiger charge is 2.16. The van der Waals surface area contributed by atoms with Crippen LogP contribution in [0.15, 0.2) is 73.2 Å². The monoisotopic (exact) mass is 395 g/mol. The smallest absolute Gasteiger partial charge is 0.137 e. The summed E-state index contributed by atoms with van der Waals surface area (Å²) in [7, 11) is 0. The second-order valence-electron chi connectivity index (χ2n) is 7.79. The average Bonchev–Trinajstić information content (AvgIpc) is 2.84. The van der Waals surface area contributed by atoms with Crippen LogP contribution in [-0.2, 0) is 6.54 Å². The van der Waals surface area contributed by atoms with E-state index >= 15 is 0 Å². The number of hydrogen-bond donors (Lipinski definition) is 2. The number of pyridine rings is 1. The molecule has 0 amide bonds. The standard InChI is InChI=1S/C25H25N5/c1-2-4-19(5-3-1)21-7-8-22-24(14-21)29-17-30-25(22)28-16-18-6-9-23(27-15-18)20-10-12-26-13-11-20/h1-9,14-15,17,20,26H,10-13,16H2,(H,28,29,30). The zero-order valence-electron chi connectivity index (χ0n) is 16.9. The minimum absolute atomic E-state index is 0.581. The van der Waals surface area contributed by atoms with Crippen molar-refractivity contribution >= 4 is 16.7 Å². The average molecular weight is 396 g/mol. The van der Waals surface area contributed by atoms with Gasteiger partial charge in [0, 0.05) is 29.7 Å². The lowest BCUT2D eigenvalue weighted by atomic mass is 9.94. The van der Waals surface area contributed by atoms with Crippen molar-refractivity contribution in [3.05, 3.63) is 84.4 Å². The third-order valence-corrected chi connectivity index (χ3v) is 5.81. The number of nitrogens with one attached hydrogen (secondary N) is 2. The topological polar surface area (TPSA) is 62.7 Å². The fraction of sp³-hybridized carbons (Fsp3) is 0.240. The Labute approximate surface area is 176 Å². The number of hydrogen-bond acceptors (Lipinski definition) is 5. The molecule has 1 aliphatic rings. The Kier molecular flexibility index (Phi) is 5.36. The predicted octanol–water partition coefficient (Wildman–Crippen LogP) is 4.77. The van der Waals surface area contributed by atoms with Crippen LogP contribution in [0, 0.1) is 0 Å². The van der Waals surface area contributed by atoms with Crippen LogP contribution in [0.3, 0.4) is 0 Å². The molecule has 2 aromatic carbocycles. The van der Waals surface area contributed by atoms with Gasteiger partial charge in [0.1, 0.15) is 12.1 Å². The van der Waals surface area contributed by atoms with Crippen LogP contribution in [0.1, 0.15) is 30.0 Å². The molecular weight excluding hydrogens is 370 g/mol. The third-order valence-electron chi connectivity index (χ3n) is 5.81. The Bertz CT molecular complexity index is 1120. The van der Waals surface area contributed by atoms with Gasteiger partial charge in [0.15, 0.2) is 0 Å². The summed E-state index contributed by atoms with van der Waals surface area (Å²) in [5.74, 6) is 1.43. The first-order valence-electron chi connectivity index (χ1n) is 10.6. The Morgan fingerprint density at radius 2 is 1.73 bits per heavy atom. The molecule has 3 heterocycles. The zero-order valence-corrected chi connectivity index (χ0v) is 16.9. The molecular formula is C25H25N5. The molecule has 0 saturated carbocycles. The SMILES string of the molecule is c1ccc(-c2ccc3c(NCc4ccc(C5CCNCC5)nc4)ncnc3c2)cc1. The first-order valence-corrected chi connectivity index (χ1v) is 10.6. The van der Waals surface area contributed by atoms with Gasteiger partial charge in [-0.25, -0.2) is 9.97 Å².